The lowest BCUT2D eigenvalue weighted by molar-refractivity contribution is 0.414. The van der Waals surface area contributed by atoms with Crippen LogP contribution in [0.4, 0.5) is 5.82 Å². The summed E-state index contributed by atoms with van der Waals surface area (Å²) in [6.07, 6.45) is 2.79. The Hall–Kier alpha value is -1.81. The molecule has 19 heavy (non-hydrogen) atoms. The van der Waals surface area contributed by atoms with E-state index in [1.54, 1.807) is 7.11 Å². The zero-order valence-corrected chi connectivity index (χ0v) is 11.4. The van der Waals surface area contributed by atoms with E-state index in [0.29, 0.717) is 5.28 Å². The molecule has 1 aromatic carbocycles. The average Bonchev–Trinajstić information content (AvgIpc) is 2.82. The third-order valence-corrected chi connectivity index (χ3v) is 3.48. The molecule has 0 unspecified atom stereocenters. The van der Waals surface area contributed by atoms with Crippen LogP contribution in [-0.4, -0.2) is 23.6 Å². The van der Waals surface area contributed by atoms with Crippen molar-refractivity contribution in [3.8, 4) is 5.75 Å². The first-order chi connectivity index (χ1) is 9.26. The minimum atomic E-state index is 0.306. The van der Waals surface area contributed by atoms with E-state index < -0.39 is 0 Å². The maximum atomic E-state index is 5.87. The average molecular weight is 276 g/mol. The summed E-state index contributed by atoms with van der Waals surface area (Å²) in [4.78, 5) is 10.6. The van der Waals surface area contributed by atoms with Crippen LogP contribution in [0.15, 0.2) is 30.5 Å². The molecular weight excluding hydrogens is 262 g/mol. The van der Waals surface area contributed by atoms with Crippen LogP contribution in [-0.2, 0) is 13.0 Å². The van der Waals surface area contributed by atoms with Gasteiger partial charge in [0.25, 0.3) is 0 Å². The van der Waals surface area contributed by atoms with Crippen molar-refractivity contribution in [1.82, 2.24) is 9.97 Å². The molecule has 2 heterocycles. The van der Waals surface area contributed by atoms with E-state index >= 15 is 0 Å². The fourth-order valence-electron chi connectivity index (χ4n) is 2.29. The number of ether oxygens (including phenoxy) is 1. The van der Waals surface area contributed by atoms with E-state index in [1.807, 2.05) is 18.3 Å². The summed E-state index contributed by atoms with van der Waals surface area (Å²) >= 11 is 5.87. The first-order valence-electron chi connectivity index (χ1n) is 6.15. The highest BCUT2D eigenvalue weighted by Crippen LogP contribution is 2.27. The number of rotatable bonds is 3. The fraction of sp³-hybridized carbons (Fsp3) is 0.286. The van der Waals surface area contributed by atoms with Gasteiger partial charge in [0.05, 0.1) is 7.11 Å². The lowest BCUT2D eigenvalue weighted by atomic mass is 10.2. The van der Waals surface area contributed by atoms with Crippen molar-refractivity contribution in [2.45, 2.75) is 13.0 Å². The molecule has 1 aliphatic heterocycles. The summed E-state index contributed by atoms with van der Waals surface area (Å²) in [5.74, 6) is 1.83. The van der Waals surface area contributed by atoms with E-state index in [2.05, 4.69) is 27.0 Å². The molecule has 0 atom stereocenters. The summed E-state index contributed by atoms with van der Waals surface area (Å²) in [7, 11) is 1.67. The van der Waals surface area contributed by atoms with Crippen LogP contribution in [0.3, 0.4) is 0 Å². The third-order valence-electron chi connectivity index (χ3n) is 3.30. The normalized spacial score (nSPS) is 13.5. The van der Waals surface area contributed by atoms with Crippen LogP contribution < -0.4 is 9.64 Å². The van der Waals surface area contributed by atoms with Gasteiger partial charge >= 0.3 is 0 Å². The predicted molar refractivity (Wildman–Crippen MR) is 74.8 cm³/mol. The Labute approximate surface area is 117 Å². The van der Waals surface area contributed by atoms with Crippen molar-refractivity contribution in [2.75, 3.05) is 18.6 Å². The highest BCUT2D eigenvalue weighted by molar-refractivity contribution is 6.28. The number of aromatic nitrogens is 2. The molecule has 0 bridgehead atoms. The summed E-state index contributed by atoms with van der Waals surface area (Å²) in [5, 5.41) is 0.306. The van der Waals surface area contributed by atoms with Crippen molar-refractivity contribution in [3.63, 3.8) is 0 Å². The Kier molecular flexibility index (Phi) is 3.25. The van der Waals surface area contributed by atoms with Crippen LogP contribution in [0.5, 0.6) is 5.75 Å². The van der Waals surface area contributed by atoms with Crippen LogP contribution in [0.2, 0.25) is 5.28 Å². The first kappa shape index (κ1) is 12.2. The van der Waals surface area contributed by atoms with Crippen LogP contribution in [0.1, 0.15) is 11.1 Å². The zero-order chi connectivity index (χ0) is 13.2. The van der Waals surface area contributed by atoms with E-state index in [-0.39, 0.29) is 0 Å². The zero-order valence-electron chi connectivity index (χ0n) is 10.6. The Morgan fingerprint density at radius 2 is 2.11 bits per heavy atom. The Morgan fingerprint density at radius 3 is 2.84 bits per heavy atom. The Morgan fingerprint density at radius 1 is 1.32 bits per heavy atom. The van der Waals surface area contributed by atoms with Gasteiger partial charge in [-0.05, 0) is 35.7 Å². The molecule has 0 amide bonds. The molecule has 0 N–H and O–H groups in total. The minimum absolute atomic E-state index is 0.306. The van der Waals surface area contributed by atoms with Crippen LogP contribution >= 0.6 is 11.6 Å². The van der Waals surface area contributed by atoms with Gasteiger partial charge in [-0.15, -0.1) is 0 Å². The molecule has 4 nitrogen and oxygen atoms in total. The molecule has 1 aromatic heterocycles. The molecule has 1 aliphatic rings. The molecule has 0 saturated heterocycles. The molecule has 3 rings (SSSR count). The summed E-state index contributed by atoms with van der Waals surface area (Å²) < 4.78 is 5.16. The minimum Gasteiger partial charge on any atom is -0.497 e. The van der Waals surface area contributed by atoms with Gasteiger partial charge in [-0.3, -0.25) is 0 Å². The molecule has 0 fully saturated rings. The molecule has 0 aliphatic carbocycles. The van der Waals surface area contributed by atoms with Crippen molar-refractivity contribution in [1.29, 1.82) is 0 Å². The van der Waals surface area contributed by atoms with Gasteiger partial charge < -0.3 is 9.64 Å². The van der Waals surface area contributed by atoms with E-state index in [1.165, 1.54) is 5.56 Å². The summed E-state index contributed by atoms with van der Waals surface area (Å²) in [6, 6.07) is 8.08. The molecule has 5 heteroatoms. The van der Waals surface area contributed by atoms with Crippen LogP contribution in [0, 0.1) is 0 Å². The van der Waals surface area contributed by atoms with Gasteiger partial charge in [-0.2, -0.15) is 0 Å². The second-order valence-corrected chi connectivity index (χ2v) is 4.85. The number of halogens is 1. The lowest BCUT2D eigenvalue weighted by Crippen LogP contribution is -2.20. The summed E-state index contributed by atoms with van der Waals surface area (Å²) in [5.41, 5.74) is 2.39. The number of hydrogen-bond donors (Lipinski definition) is 0. The standard InChI is InChI=1S/C14H14ClN3O/c1-19-12-4-2-10(3-5-12)9-18-7-6-11-8-16-14(15)17-13(11)18/h2-5,8H,6-7,9H2,1H3. The van der Waals surface area contributed by atoms with E-state index in [0.717, 1.165) is 36.6 Å². The fourth-order valence-corrected chi connectivity index (χ4v) is 2.42. The SMILES string of the molecule is COc1ccc(CN2CCc3cnc(Cl)nc32)cc1. The molecule has 0 radical (unpaired) electrons. The lowest BCUT2D eigenvalue weighted by Gasteiger charge is -2.18. The Balaban J connectivity index is 1.80. The number of benzene rings is 1. The van der Waals surface area contributed by atoms with Crippen molar-refractivity contribution in [3.05, 3.63) is 46.9 Å². The van der Waals surface area contributed by atoms with Gasteiger partial charge in [0.1, 0.15) is 11.6 Å². The topological polar surface area (TPSA) is 38.2 Å². The molecule has 0 saturated carbocycles. The highest BCUT2D eigenvalue weighted by atomic mass is 35.5. The van der Waals surface area contributed by atoms with Gasteiger partial charge in [0.15, 0.2) is 0 Å². The number of fused-ring (bicyclic) bond motifs is 1. The van der Waals surface area contributed by atoms with Gasteiger partial charge in [-0.1, -0.05) is 12.1 Å². The third kappa shape index (κ3) is 2.49. The van der Waals surface area contributed by atoms with E-state index in [9.17, 15) is 0 Å². The second-order valence-electron chi connectivity index (χ2n) is 4.51. The summed E-state index contributed by atoms with van der Waals surface area (Å²) in [6.45, 7) is 1.78. The number of anilines is 1. The number of nitrogens with zero attached hydrogens (tertiary/aromatic N) is 3. The van der Waals surface area contributed by atoms with Crippen molar-refractivity contribution in [2.24, 2.45) is 0 Å². The van der Waals surface area contributed by atoms with Gasteiger partial charge in [-0.25, -0.2) is 9.97 Å². The number of methoxy groups -OCH3 is 1. The smallest absolute Gasteiger partial charge is 0.224 e. The van der Waals surface area contributed by atoms with Crippen molar-refractivity contribution < 1.29 is 4.74 Å². The first-order valence-corrected chi connectivity index (χ1v) is 6.53. The quantitative estimate of drug-likeness (QED) is 0.808. The van der Waals surface area contributed by atoms with Crippen LogP contribution in [0.25, 0.3) is 0 Å². The van der Waals surface area contributed by atoms with Crippen molar-refractivity contribution >= 4 is 17.4 Å². The largest absolute Gasteiger partial charge is 0.497 e. The number of hydrogen-bond acceptors (Lipinski definition) is 4. The second kappa shape index (κ2) is 5.05. The molecule has 98 valence electrons. The Bertz CT molecular complexity index is 586. The predicted octanol–water partition coefficient (Wildman–Crippen LogP) is 2.70. The maximum absolute atomic E-state index is 5.87. The monoisotopic (exact) mass is 275 g/mol. The molecular formula is C14H14ClN3O. The molecule has 2 aromatic rings. The molecule has 0 spiro atoms. The van der Waals surface area contributed by atoms with E-state index in [4.69, 9.17) is 16.3 Å². The maximum Gasteiger partial charge on any atom is 0.224 e. The highest BCUT2D eigenvalue weighted by Gasteiger charge is 2.21. The van der Waals surface area contributed by atoms with Gasteiger partial charge in [0.2, 0.25) is 5.28 Å². The van der Waals surface area contributed by atoms with Gasteiger partial charge in [0, 0.05) is 24.8 Å².